The predicted octanol–water partition coefficient (Wildman–Crippen LogP) is 2.91. The summed E-state index contributed by atoms with van der Waals surface area (Å²) in [4.78, 5) is 4.52. The van der Waals surface area contributed by atoms with Crippen molar-refractivity contribution < 1.29 is 9.57 Å². The second-order valence-corrected chi connectivity index (χ2v) is 4.13. The summed E-state index contributed by atoms with van der Waals surface area (Å²) in [5.41, 5.74) is 4.82. The van der Waals surface area contributed by atoms with E-state index in [1.165, 1.54) is 16.7 Å². The number of ether oxygens (including phenoxy) is 1. The molecule has 0 heterocycles. The molecule has 1 aromatic carbocycles. The van der Waals surface area contributed by atoms with Crippen LogP contribution in [-0.2, 0) is 4.84 Å². The van der Waals surface area contributed by atoms with Gasteiger partial charge in [0, 0.05) is 0 Å². The van der Waals surface area contributed by atoms with E-state index < -0.39 is 0 Å². The zero-order valence-electron chi connectivity index (χ0n) is 11.0. The largest absolute Gasteiger partial charge is 0.496 e. The van der Waals surface area contributed by atoms with E-state index in [1.807, 2.05) is 0 Å². The van der Waals surface area contributed by atoms with Gasteiger partial charge >= 0.3 is 0 Å². The number of hydrogen-bond acceptors (Lipinski definition) is 3. The lowest BCUT2D eigenvalue weighted by molar-refractivity contribution is 0.143. The average molecular weight is 235 g/mol. The van der Waals surface area contributed by atoms with Gasteiger partial charge in [0.05, 0.1) is 13.7 Å². The molecule has 0 amide bonds. The third-order valence-electron chi connectivity index (χ3n) is 2.97. The first-order valence-corrected chi connectivity index (χ1v) is 5.74. The molecular weight excluding hydrogens is 214 g/mol. The Labute approximate surface area is 103 Å². The number of rotatable bonds is 5. The van der Waals surface area contributed by atoms with Crippen LogP contribution in [0.15, 0.2) is 12.1 Å². The van der Waals surface area contributed by atoms with E-state index in [9.17, 15) is 0 Å². The van der Waals surface area contributed by atoms with Crippen LogP contribution >= 0.6 is 0 Å². The molecule has 0 saturated carbocycles. The zero-order chi connectivity index (χ0) is 12.8. The molecule has 0 aliphatic carbocycles. The number of methoxy groups -OCH3 is 1. The third-order valence-corrected chi connectivity index (χ3v) is 2.97. The van der Waals surface area contributed by atoms with Crippen molar-refractivity contribution in [3.8, 4) is 5.75 Å². The van der Waals surface area contributed by atoms with Crippen LogP contribution in [0.2, 0.25) is 0 Å². The highest BCUT2D eigenvalue weighted by Crippen LogP contribution is 2.29. The molecule has 0 aromatic heterocycles. The maximum Gasteiger partial charge on any atom is 0.124 e. The molecule has 1 rings (SSSR count). The zero-order valence-corrected chi connectivity index (χ0v) is 11.0. The van der Waals surface area contributed by atoms with Crippen molar-refractivity contribution in [1.29, 1.82) is 0 Å². The van der Waals surface area contributed by atoms with Gasteiger partial charge < -0.3 is 9.57 Å². The molecule has 0 spiro atoms. The third kappa shape index (κ3) is 3.32. The number of hydrogen-bond donors (Lipinski definition) is 1. The summed E-state index contributed by atoms with van der Waals surface area (Å²) < 4.78 is 5.39. The van der Waals surface area contributed by atoms with Crippen LogP contribution < -0.4 is 10.6 Å². The van der Waals surface area contributed by atoms with E-state index in [0.717, 1.165) is 17.7 Å². The monoisotopic (exact) mass is 235 g/mol. The lowest BCUT2D eigenvalue weighted by Crippen LogP contribution is -1.99. The predicted molar refractivity (Wildman–Crippen MR) is 71.0 cm³/mol. The Kier molecular flexibility index (Phi) is 5.19. The molecule has 0 aliphatic heterocycles. The molecule has 0 saturated heterocycles. The summed E-state index contributed by atoms with van der Waals surface area (Å²) in [5, 5.41) is 0. The average Bonchev–Trinajstić information content (AvgIpc) is 2.31. The number of benzene rings is 1. The Balaban J connectivity index is 2.98. The van der Waals surface area contributed by atoms with Crippen LogP contribution in [0.5, 0.6) is 5.75 Å². The van der Waals surface area contributed by atoms with E-state index in [1.54, 1.807) is 7.11 Å². The SMILES string of the molecule is COc1c(C)cc(/C=C/CCON)c(C)c1C. The van der Waals surface area contributed by atoms with E-state index in [-0.39, 0.29) is 0 Å². The smallest absolute Gasteiger partial charge is 0.124 e. The lowest BCUT2D eigenvalue weighted by Gasteiger charge is -2.13. The molecule has 0 aliphatic rings. The highest BCUT2D eigenvalue weighted by molar-refractivity contribution is 5.61. The first-order chi connectivity index (χ1) is 8.11. The minimum atomic E-state index is 0.545. The first kappa shape index (κ1) is 13.7. The van der Waals surface area contributed by atoms with Crippen LogP contribution in [-0.4, -0.2) is 13.7 Å². The van der Waals surface area contributed by atoms with Crippen molar-refractivity contribution in [2.75, 3.05) is 13.7 Å². The van der Waals surface area contributed by atoms with Crippen molar-refractivity contribution in [1.82, 2.24) is 0 Å². The van der Waals surface area contributed by atoms with Crippen molar-refractivity contribution in [2.24, 2.45) is 5.90 Å². The van der Waals surface area contributed by atoms with Crippen molar-refractivity contribution in [3.63, 3.8) is 0 Å². The fourth-order valence-corrected chi connectivity index (χ4v) is 1.92. The Morgan fingerprint density at radius 3 is 2.53 bits per heavy atom. The van der Waals surface area contributed by atoms with Crippen molar-refractivity contribution >= 4 is 6.08 Å². The van der Waals surface area contributed by atoms with Gasteiger partial charge in [-0.05, 0) is 55.5 Å². The summed E-state index contributed by atoms with van der Waals surface area (Å²) in [5.74, 6) is 5.95. The molecular formula is C14H21NO2. The molecule has 17 heavy (non-hydrogen) atoms. The molecule has 0 bridgehead atoms. The van der Waals surface area contributed by atoms with Crippen molar-refractivity contribution in [2.45, 2.75) is 27.2 Å². The molecule has 0 atom stereocenters. The van der Waals surface area contributed by atoms with E-state index in [4.69, 9.17) is 10.6 Å². The summed E-state index contributed by atoms with van der Waals surface area (Å²) in [7, 11) is 1.71. The van der Waals surface area contributed by atoms with Gasteiger partial charge in [-0.25, -0.2) is 5.90 Å². The van der Waals surface area contributed by atoms with Gasteiger partial charge in [0.25, 0.3) is 0 Å². The Hall–Kier alpha value is -1.32. The van der Waals surface area contributed by atoms with Gasteiger partial charge in [0.2, 0.25) is 0 Å². The van der Waals surface area contributed by atoms with Gasteiger partial charge in [-0.15, -0.1) is 0 Å². The first-order valence-electron chi connectivity index (χ1n) is 5.74. The maximum atomic E-state index is 5.39. The molecule has 3 nitrogen and oxygen atoms in total. The molecule has 0 unspecified atom stereocenters. The van der Waals surface area contributed by atoms with E-state index >= 15 is 0 Å². The highest BCUT2D eigenvalue weighted by atomic mass is 16.6. The summed E-state index contributed by atoms with van der Waals surface area (Å²) in [6.45, 7) is 6.80. The standard InChI is InChI=1S/C14H21NO2/c1-10-9-13(7-5-6-8-17-15)11(2)12(3)14(10)16-4/h5,7,9H,6,8,15H2,1-4H3/b7-5+. The fraction of sp³-hybridized carbons (Fsp3) is 0.429. The molecule has 0 fully saturated rings. The van der Waals surface area contributed by atoms with Crippen LogP contribution in [0.4, 0.5) is 0 Å². The minimum absolute atomic E-state index is 0.545. The van der Waals surface area contributed by atoms with Gasteiger partial charge in [-0.2, -0.15) is 0 Å². The van der Waals surface area contributed by atoms with Gasteiger partial charge in [-0.3, -0.25) is 0 Å². The summed E-state index contributed by atoms with van der Waals surface area (Å²) in [6.07, 6.45) is 4.99. The van der Waals surface area contributed by atoms with Gasteiger partial charge in [0.15, 0.2) is 0 Å². The van der Waals surface area contributed by atoms with Gasteiger partial charge in [0.1, 0.15) is 5.75 Å². The maximum absolute atomic E-state index is 5.39. The van der Waals surface area contributed by atoms with E-state index in [0.29, 0.717) is 6.61 Å². The van der Waals surface area contributed by atoms with Crippen LogP contribution in [0.3, 0.4) is 0 Å². The number of nitrogens with two attached hydrogens (primary N) is 1. The van der Waals surface area contributed by atoms with E-state index in [2.05, 4.69) is 43.8 Å². The Morgan fingerprint density at radius 1 is 1.24 bits per heavy atom. The fourth-order valence-electron chi connectivity index (χ4n) is 1.92. The van der Waals surface area contributed by atoms with Gasteiger partial charge in [-0.1, -0.05) is 12.2 Å². The minimum Gasteiger partial charge on any atom is -0.496 e. The molecule has 0 radical (unpaired) electrons. The number of aryl methyl sites for hydroxylation is 1. The molecule has 2 N–H and O–H groups in total. The topological polar surface area (TPSA) is 44.5 Å². The molecule has 3 heteroatoms. The second-order valence-electron chi connectivity index (χ2n) is 4.13. The Bertz CT molecular complexity index is 411. The Morgan fingerprint density at radius 2 is 1.94 bits per heavy atom. The molecule has 94 valence electrons. The quantitative estimate of drug-likeness (QED) is 0.630. The lowest BCUT2D eigenvalue weighted by atomic mass is 9.98. The van der Waals surface area contributed by atoms with Crippen LogP contribution in [0.1, 0.15) is 28.7 Å². The molecule has 1 aromatic rings. The summed E-state index contributed by atoms with van der Waals surface area (Å²) >= 11 is 0. The van der Waals surface area contributed by atoms with Crippen molar-refractivity contribution in [3.05, 3.63) is 34.4 Å². The van der Waals surface area contributed by atoms with Crippen LogP contribution in [0, 0.1) is 20.8 Å². The highest BCUT2D eigenvalue weighted by Gasteiger charge is 2.08. The normalized spacial score (nSPS) is 11.1. The second kappa shape index (κ2) is 6.42. The summed E-state index contributed by atoms with van der Waals surface area (Å²) in [6, 6.07) is 2.14. The van der Waals surface area contributed by atoms with Crippen LogP contribution in [0.25, 0.3) is 6.08 Å².